The highest BCUT2D eigenvalue weighted by Crippen LogP contribution is 2.67. The summed E-state index contributed by atoms with van der Waals surface area (Å²) in [5.41, 5.74) is -1.64. The largest absolute Gasteiger partial charge is 0.491 e. The quantitative estimate of drug-likeness (QED) is 0.730. The van der Waals surface area contributed by atoms with Crippen LogP contribution in [0.3, 0.4) is 0 Å². The Morgan fingerprint density at radius 3 is 2.65 bits per heavy atom. The van der Waals surface area contributed by atoms with Crippen molar-refractivity contribution < 1.29 is 32.2 Å². The number of hydrogen-bond acceptors (Lipinski definition) is 5. The Hall–Kier alpha value is -3.34. The van der Waals surface area contributed by atoms with Gasteiger partial charge in [-0.25, -0.2) is 13.2 Å². The fraction of sp³-hybridized carbons (Fsp3) is 0.435. The van der Waals surface area contributed by atoms with E-state index >= 15 is 0 Å². The number of ether oxygens (including phenoxy) is 2. The SMILES string of the molecule is COc1c2n(cc(C(=O)NCc3c(F)cc(F)cc3F)c1=O)C[C@H]1OC3CCC34C[C@H]4N1C2=O. The molecule has 3 fully saturated rings. The highest BCUT2D eigenvalue weighted by atomic mass is 19.1. The minimum Gasteiger partial charge on any atom is -0.491 e. The fourth-order valence-corrected chi connectivity index (χ4v) is 5.64. The van der Waals surface area contributed by atoms with Gasteiger partial charge in [0.25, 0.3) is 11.8 Å². The van der Waals surface area contributed by atoms with Gasteiger partial charge in [-0.05, 0) is 19.3 Å². The molecule has 2 aliphatic heterocycles. The van der Waals surface area contributed by atoms with Gasteiger partial charge in [-0.2, -0.15) is 0 Å². The van der Waals surface area contributed by atoms with Crippen LogP contribution in [0.4, 0.5) is 13.2 Å². The number of hydrogen-bond donors (Lipinski definition) is 1. The molecule has 1 N–H and O–H groups in total. The van der Waals surface area contributed by atoms with Crippen molar-refractivity contribution in [2.45, 2.75) is 50.7 Å². The number of carbonyl (C=O) groups excluding carboxylic acids is 2. The zero-order chi connectivity index (χ0) is 23.9. The molecule has 2 amide bonds. The van der Waals surface area contributed by atoms with Crippen LogP contribution in [0, 0.1) is 22.9 Å². The maximum Gasteiger partial charge on any atom is 0.276 e. The monoisotopic (exact) mass is 475 g/mol. The second-order valence-corrected chi connectivity index (χ2v) is 9.22. The van der Waals surface area contributed by atoms with E-state index in [-0.39, 0.29) is 47.0 Å². The Kier molecular flexibility index (Phi) is 4.42. The van der Waals surface area contributed by atoms with Crippen LogP contribution in [0.2, 0.25) is 0 Å². The van der Waals surface area contributed by atoms with Crippen molar-refractivity contribution in [1.29, 1.82) is 0 Å². The predicted molar refractivity (Wildman–Crippen MR) is 110 cm³/mol. The van der Waals surface area contributed by atoms with Crippen LogP contribution >= 0.6 is 0 Å². The molecule has 2 unspecified atom stereocenters. The number of aromatic nitrogens is 1. The number of amides is 2. The molecule has 1 aromatic heterocycles. The van der Waals surface area contributed by atoms with E-state index in [9.17, 15) is 27.6 Å². The van der Waals surface area contributed by atoms with E-state index in [4.69, 9.17) is 9.47 Å². The molecule has 8 nitrogen and oxygen atoms in total. The smallest absolute Gasteiger partial charge is 0.276 e. The zero-order valence-electron chi connectivity index (χ0n) is 18.1. The summed E-state index contributed by atoms with van der Waals surface area (Å²) in [5, 5.41) is 2.28. The average Bonchev–Trinajstić information content (AvgIpc) is 3.54. The summed E-state index contributed by atoms with van der Waals surface area (Å²) in [6.45, 7) is -0.396. The number of pyridine rings is 1. The van der Waals surface area contributed by atoms with Gasteiger partial charge in [0, 0.05) is 41.9 Å². The van der Waals surface area contributed by atoms with E-state index in [0.717, 1.165) is 19.3 Å². The summed E-state index contributed by atoms with van der Waals surface area (Å²) in [4.78, 5) is 40.9. The van der Waals surface area contributed by atoms with Crippen LogP contribution < -0.4 is 15.5 Å². The minimum atomic E-state index is -1.16. The maximum atomic E-state index is 13.9. The van der Waals surface area contributed by atoms with Crippen molar-refractivity contribution in [2.24, 2.45) is 5.41 Å². The van der Waals surface area contributed by atoms with Gasteiger partial charge in [0.15, 0.2) is 17.7 Å². The molecule has 0 radical (unpaired) electrons. The van der Waals surface area contributed by atoms with Gasteiger partial charge in [-0.3, -0.25) is 14.4 Å². The van der Waals surface area contributed by atoms with Crippen molar-refractivity contribution in [1.82, 2.24) is 14.8 Å². The first-order valence-corrected chi connectivity index (χ1v) is 11.0. The molecule has 2 saturated carbocycles. The second-order valence-electron chi connectivity index (χ2n) is 9.22. The van der Waals surface area contributed by atoms with E-state index in [2.05, 4.69) is 5.32 Å². The molecule has 34 heavy (non-hydrogen) atoms. The van der Waals surface area contributed by atoms with Crippen LogP contribution in [-0.4, -0.2) is 46.8 Å². The average molecular weight is 475 g/mol. The number of halogens is 3. The number of fused-ring (bicyclic) bond motifs is 3. The lowest BCUT2D eigenvalue weighted by Gasteiger charge is -2.51. The second kappa shape index (κ2) is 7.08. The Morgan fingerprint density at radius 2 is 2.00 bits per heavy atom. The van der Waals surface area contributed by atoms with Crippen molar-refractivity contribution in [3.05, 3.63) is 62.8 Å². The van der Waals surface area contributed by atoms with Crippen LogP contribution in [0.5, 0.6) is 5.75 Å². The molecule has 0 bridgehead atoms. The lowest BCUT2D eigenvalue weighted by Crippen LogP contribution is -2.61. The summed E-state index contributed by atoms with van der Waals surface area (Å²) in [6, 6.07) is 1.08. The number of methoxy groups -OCH3 is 1. The van der Waals surface area contributed by atoms with E-state index in [1.807, 2.05) is 0 Å². The van der Waals surface area contributed by atoms with Crippen molar-refractivity contribution in [2.75, 3.05) is 7.11 Å². The van der Waals surface area contributed by atoms with Crippen LogP contribution in [-0.2, 0) is 17.8 Å². The third-order valence-corrected chi connectivity index (χ3v) is 7.57. The third-order valence-electron chi connectivity index (χ3n) is 7.57. The molecule has 2 aliphatic carbocycles. The molecule has 6 rings (SSSR count). The van der Waals surface area contributed by atoms with Gasteiger partial charge in [0.05, 0.1) is 19.8 Å². The van der Waals surface area contributed by atoms with E-state index in [1.54, 1.807) is 4.90 Å². The molecule has 1 saturated heterocycles. The van der Waals surface area contributed by atoms with E-state index < -0.39 is 47.1 Å². The first-order valence-electron chi connectivity index (χ1n) is 11.0. The third kappa shape index (κ3) is 2.79. The van der Waals surface area contributed by atoms with Crippen LogP contribution in [0.15, 0.2) is 23.1 Å². The molecule has 3 heterocycles. The molecular formula is C23H20F3N3O5. The summed E-state index contributed by atoms with van der Waals surface area (Å²) in [6.07, 6.45) is 3.66. The molecular weight excluding hydrogens is 455 g/mol. The number of rotatable bonds is 4. The van der Waals surface area contributed by atoms with Gasteiger partial charge >= 0.3 is 0 Å². The predicted octanol–water partition coefficient (Wildman–Crippen LogP) is 1.94. The molecule has 11 heteroatoms. The Morgan fingerprint density at radius 1 is 1.26 bits per heavy atom. The lowest BCUT2D eigenvalue weighted by atomic mass is 9.76. The fourth-order valence-electron chi connectivity index (χ4n) is 5.64. The Balaban J connectivity index is 1.32. The molecule has 4 aliphatic rings. The summed E-state index contributed by atoms with van der Waals surface area (Å²) < 4.78 is 53.8. The molecule has 2 aromatic rings. The topological polar surface area (TPSA) is 89.9 Å². The van der Waals surface area contributed by atoms with Crippen molar-refractivity contribution in [3.63, 3.8) is 0 Å². The van der Waals surface area contributed by atoms with Crippen molar-refractivity contribution >= 4 is 11.8 Å². The van der Waals surface area contributed by atoms with Gasteiger partial charge in [0.1, 0.15) is 23.0 Å². The van der Waals surface area contributed by atoms with Gasteiger partial charge < -0.3 is 24.3 Å². The highest BCUT2D eigenvalue weighted by molar-refractivity contribution is 5.99. The summed E-state index contributed by atoms with van der Waals surface area (Å²) in [5.74, 6) is -4.99. The highest BCUT2D eigenvalue weighted by Gasteiger charge is 2.72. The first-order chi connectivity index (χ1) is 16.2. The maximum absolute atomic E-state index is 13.9. The van der Waals surface area contributed by atoms with E-state index in [0.29, 0.717) is 12.1 Å². The number of benzene rings is 1. The first kappa shape index (κ1) is 21.2. The van der Waals surface area contributed by atoms with Crippen LogP contribution in [0.1, 0.15) is 45.7 Å². The van der Waals surface area contributed by atoms with Gasteiger partial charge in [-0.1, -0.05) is 0 Å². The van der Waals surface area contributed by atoms with Crippen molar-refractivity contribution in [3.8, 4) is 5.75 Å². The number of nitrogens with zero attached hydrogens (tertiary/aromatic N) is 2. The number of nitrogens with one attached hydrogen (secondary N) is 1. The van der Waals surface area contributed by atoms with Crippen LogP contribution in [0.25, 0.3) is 0 Å². The Bertz CT molecular complexity index is 1300. The summed E-state index contributed by atoms with van der Waals surface area (Å²) >= 11 is 0. The Labute approximate surface area is 191 Å². The van der Waals surface area contributed by atoms with E-state index in [1.165, 1.54) is 17.9 Å². The molecule has 4 atom stereocenters. The molecule has 1 spiro atoms. The summed E-state index contributed by atoms with van der Waals surface area (Å²) in [7, 11) is 1.23. The standard InChI is InChI=1S/C23H20F3N3O5/c1-33-20-18-22(32)29-15-6-23(15)3-2-16(23)34-17(29)9-28(18)8-12(19(20)30)21(31)27-7-11-13(25)4-10(24)5-14(11)26/h4-5,8,15-17H,2-3,6-7,9H2,1H3,(H,27,31)/t15-,16?,17-,23?/m1/s1. The minimum absolute atomic E-state index is 0.0343. The van der Waals surface area contributed by atoms with Gasteiger partial charge in [0.2, 0.25) is 5.43 Å². The zero-order valence-corrected chi connectivity index (χ0v) is 18.1. The molecule has 178 valence electrons. The number of carbonyl (C=O) groups is 2. The van der Waals surface area contributed by atoms with Gasteiger partial charge in [-0.15, -0.1) is 0 Å². The lowest BCUT2D eigenvalue weighted by molar-refractivity contribution is -0.196. The normalized spacial score (nSPS) is 28.2. The molecule has 1 aromatic carbocycles.